The Morgan fingerprint density at radius 2 is 1.52 bits per heavy atom. The van der Waals surface area contributed by atoms with E-state index in [1.165, 1.54) is 51.0 Å². The highest BCUT2D eigenvalue weighted by Gasteiger charge is 2.19. The maximum absolute atomic E-state index is 4.98. The van der Waals surface area contributed by atoms with Gasteiger partial charge in [-0.2, -0.15) is 0 Å². The minimum absolute atomic E-state index is 1.09. The van der Waals surface area contributed by atoms with Crippen LogP contribution in [0.15, 0.2) is 54.6 Å². The lowest BCUT2D eigenvalue weighted by Crippen LogP contribution is -1.80. The number of para-hydroxylation sites is 1. The van der Waals surface area contributed by atoms with E-state index < -0.39 is 0 Å². The van der Waals surface area contributed by atoms with Crippen molar-refractivity contribution in [3.05, 3.63) is 65.0 Å². The van der Waals surface area contributed by atoms with Gasteiger partial charge in [-0.3, -0.25) is 0 Å². The maximum atomic E-state index is 4.98. The van der Waals surface area contributed by atoms with Crippen molar-refractivity contribution in [3.8, 4) is 10.6 Å². The van der Waals surface area contributed by atoms with Gasteiger partial charge in [-0.15, -0.1) is 34.0 Å². The van der Waals surface area contributed by atoms with Crippen molar-refractivity contribution in [2.45, 2.75) is 13.8 Å². The van der Waals surface area contributed by atoms with Crippen molar-refractivity contribution in [1.29, 1.82) is 0 Å². The molecule has 6 aromatic rings. The van der Waals surface area contributed by atoms with Crippen LogP contribution in [-0.2, 0) is 0 Å². The minimum atomic E-state index is 1.09. The summed E-state index contributed by atoms with van der Waals surface area (Å²) >= 11 is 5.62. The predicted octanol–water partition coefficient (Wildman–Crippen LogP) is 8.16. The van der Waals surface area contributed by atoms with Crippen molar-refractivity contribution < 1.29 is 0 Å². The van der Waals surface area contributed by atoms with Crippen LogP contribution in [0.5, 0.6) is 0 Å². The number of aromatic nitrogens is 1. The summed E-state index contributed by atoms with van der Waals surface area (Å²) < 4.78 is 5.38. The lowest BCUT2D eigenvalue weighted by atomic mass is 10.0. The van der Waals surface area contributed by atoms with Gasteiger partial charge in [-0.1, -0.05) is 30.3 Å². The number of thiophene rings is 2. The van der Waals surface area contributed by atoms with Crippen molar-refractivity contribution in [2.75, 3.05) is 0 Å². The average molecular weight is 402 g/mol. The first kappa shape index (κ1) is 15.8. The second-order valence-corrected chi connectivity index (χ2v) is 10.2. The topological polar surface area (TPSA) is 12.9 Å². The largest absolute Gasteiger partial charge is 0.236 e. The number of hydrogen-bond acceptors (Lipinski definition) is 4. The van der Waals surface area contributed by atoms with Crippen molar-refractivity contribution >= 4 is 74.5 Å². The number of rotatable bonds is 1. The molecule has 0 bridgehead atoms. The van der Waals surface area contributed by atoms with Gasteiger partial charge in [0.15, 0.2) is 0 Å². The second-order valence-electron chi connectivity index (χ2n) is 6.87. The van der Waals surface area contributed by atoms with Gasteiger partial charge in [0, 0.05) is 40.7 Å². The molecule has 0 aliphatic rings. The fraction of sp³-hybridized carbons (Fsp3) is 0.0870. The van der Waals surface area contributed by atoms with Gasteiger partial charge >= 0.3 is 0 Å². The number of aryl methyl sites for hydroxylation is 2. The third-order valence-corrected chi connectivity index (χ3v) is 8.72. The average Bonchev–Trinajstić information content (AvgIpc) is 3.35. The Morgan fingerprint density at radius 3 is 2.37 bits per heavy atom. The maximum Gasteiger partial charge on any atom is 0.125 e. The number of fused-ring (bicyclic) bond motifs is 6. The Labute approximate surface area is 168 Å². The first-order valence-electron chi connectivity index (χ1n) is 8.90. The van der Waals surface area contributed by atoms with Crippen molar-refractivity contribution in [1.82, 2.24) is 4.98 Å². The zero-order valence-corrected chi connectivity index (χ0v) is 17.3. The molecule has 0 amide bonds. The van der Waals surface area contributed by atoms with Crippen LogP contribution in [0.2, 0.25) is 0 Å². The lowest BCUT2D eigenvalue weighted by molar-refractivity contribution is 1.48. The third-order valence-electron chi connectivity index (χ3n) is 5.30. The van der Waals surface area contributed by atoms with Crippen LogP contribution in [-0.4, -0.2) is 4.98 Å². The molecule has 0 saturated carbocycles. The van der Waals surface area contributed by atoms with Gasteiger partial charge < -0.3 is 0 Å². The first-order valence-corrected chi connectivity index (χ1v) is 11.4. The highest BCUT2D eigenvalue weighted by Crippen LogP contribution is 2.48. The normalized spacial score (nSPS) is 12.1. The van der Waals surface area contributed by atoms with Crippen LogP contribution in [0.1, 0.15) is 10.4 Å². The molecule has 0 N–H and O–H groups in total. The quantitative estimate of drug-likeness (QED) is 0.271. The van der Waals surface area contributed by atoms with E-state index in [0.29, 0.717) is 0 Å². The molecule has 3 heterocycles. The molecule has 3 aromatic carbocycles. The Bertz CT molecular complexity index is 1460. The molecule has 0 fully saturated rings. The van der Waals surface area contributed by atoms with Crippen LogP contribution in [0, 0.1) is 13.8 Å². The highest BCUT2D eigenvalue weighted by atomic mass is 32.1. The van der Waals surface area contributed by atoms with E-state index in [4.69, 9.17) is 4.98 Å². The van der Waals surface area contributed by atoms with Gasteiger partial charge in [0.05, 0.1) is 10.2 Å². The van der Waals surface area contributed by atoms with E-state index in [1.807, 2.05) is 22.7 Å². The van der Waals surface area contributed by atoms with E-state index in [0.717, 1.165) is 10.5 Å². The van der Waals surface area contributed by atoms with Crippen molar-refractivity contribution in [2.24, 2.45) is 0 Å². The van der Waals surface area contributed by atoms with Crippen LogP contribution in [0.4, 0.5) is 0 Å². The van der Waals surface area contributed by atoms with Gasteiger partial charge in [-0.25, -0.2) is 4.98 Å². The summed E-state index contributed by atoms with van der Waals surface area (Å²) in [7, 11) is 0. The summed E-state index contributed by atoms with van der Waals surface area (Å²) in [5.41, 5.74) is 3.78. The van der Waals surface area contributed by atoms with Crippen LogP contribution in [0.3, 0.4) is 0 Å². The molecule has 0 radical (unpaired) electrons. The fourth-order valence-corrected chi connectivity index (χ4v) is 7.39. The van der Waals surface area contributed by atoms with Gasteiger partial charge in [0.1, 0.15) is 5.01 Å². The molecule has 1 nitrogen and oxygen atoms in total. The summed E-state index contributed by atoms with van der Waals surface area (Å²) in [5, 5.41) is 5.26. The molecule has 4 heteroatoms. The molecule has 0 saturated heterocycles. The third kappa shape index (κ3) is 2.18. The molecule has 0 atom stereocenters. The summed E-state index contributed by atoms with van der Waals surface area (Å²) in [6, 6.07) is 19.6. The monoisotopic (exact) mass is 401 g/mol. The van der Waals surface area contributed by atoms with E-state index in [-0.39, 0.29) is 0 Å². The zero-order chi connectivity index (χ0) is 18.1. The molecular weight excluding hydrogens is 386 g/mol. The summed E-state index contributed by atoms with van der Waals surface area (Å²) in [4.78, 5) is 6.39. The number of thiazole rings is 1. The molecule has 27 heavy (non-hydrogen) atoms. The van der Waals surface area contributed by atoms with Gasteiger partial charge in [0.2, 0.25) is 0 Å². The van der Waals surface area contributed by atoms with Crippen LogP contribution >= 0.6 is 34.0 Å². The molecule has 0 spiro atoms. The van der Waals surface area contributed by atoms with E-state index >= 15 is 0 Å². The molecule has 0 aliphatic heterocycles. The van der Waals surface area contributed by atoms with E-state index in [2.05, 4.69) is 68.4 Å². The molecule has 130 valence electrons. The highest BCUT2D eigenvalue weighted by molar-refractivity contribution is 7.28. The van der Waals surface area contributed by atoms with E-state index in [9.17, 15) is 0 Å². The SMILES string of the molecule is Cc1sc2cc(-c3nc4ccccc4s3)c3c4ccccc4sc3c2c1C. The molecule has 0 unspecified atom stereocenters. The number of nitrogens with zero attached hydrogens (tertiary/aromatic N) is 1. The fourth-order valence-electron chi connectivity index (χ4n) is 3.89. The van der Waals surface area contributed by atoms with Crippen LogP contribution < -0.4 is 0 Å². The summed E-state index contributed by atoms with van der Waals surface area (Å²) in [5.74, 6) is 0. The van der Waals surface area contributed by atoms with Gasteiger partial charge in [-0.05, 0) is 43.7 Å². The number of hydrogen-bond donors (Lipinski definition) is 0. The first-order chi connectivity index (χ1) is 13.2. The molecule has 6 rings (SSSR count). The Morgan fingerprint density at radius 1 is 0.741 bits per heavy atom. The molecule has 3 aromatic heterocycles. The smallest absolute Gasteiger partial charge is 0.125 e. The second kappa shape index (κ2) is 5.61. The predicted molar refractivity (Wildman–Crippen MR) is 123 cm³/mol. The van der Waals surface area contributed by atoms with Crippen molar-refractivity contribution in [3.63, 3.8) is 0 Å². The number of benzene rings is 3. The standard InChI is InChI=1S/C23H15NS3/c1-12-13(2)25-19-11-15(23-24-16-8-4-6-10-18(16)27-23)21-14-7-3-5-9-17(14)26-22(21)20(12)19/h3-11H,1-2H3. The zero-order valence-electron chi connectivity index (χ0n) is 14.9. The lowest BCUT2D eigenvalue weighted by Gasteiger charge is -2.03. The van der Waals surface area contributed by atoms with Crippen LogP contribution in [0.25, 0.3) is 51.0 Å². The van der Waals surface area contributed by atoms with Gasteiger partial charge in [0.25, 0.3) is 0 Å². The Kier molecular flexibility index (Phi) is 3.28. The Balaban J connectivity index is 1.84. The van der Waals surface area contributed by atoms with E-state index in [1.54, 1.807) is 11.3 Å². The molecule has 0 aliphatic carbocycles. The summed E-state index contributed by atoms with van der Waals surface area (Å²) in [6.07, 6.45) is 0. The Hall–Kier alpha value is -2.27. The minimum Gasteiger partial charge on any atom is -0.236 e. The summed E-state index contributed by atoms with van der Waals surface area (Å²) in [6.45, 7) is 4.49. The molecular formula is C23H15NS3.